The lowest BCUT2D eigenvalue weighted by Crippen LogP contribution is -2.18. The zero-order valence-electron chi connectivity index (χ0n) is 12.3. The Kier molecular flexibility index (Phi) is 3.85. The predicted octanol–water partition coefficient (Wildman–Crippen LogP) is 3.57. The Labute approximate surface area is 129 Å². The normalized spacial score (nSPS) is 25.4. The number of benzene rings is 1. The van der Waals surface area contributed by atoms with Crippen LogP contribution >= 0.6 is 11.6 Å². The van der Waals surface area contributed by atoms with Crippen molar-refractivity contribution in [2.45, 2.75) is 39.2 Å². The van der Waals surface area contributed by atoms with Crippen LogP contribution in [0.1, 0.15) is 39.2 Å². The molecule has 5 nitrogen and oxygen atoms in total. The molecule has 112 valence electrons. The van der Waals surface area contributed by atoms with E-state index in [1.54, 1.807) is 0 Å². The lowest BCUT2D eigenvalue weighted by molar-refractivity contribution is 0.310. The zero-order chi connectivity index (χ0) is 15.0. The second-order valence-electron chi connectivity index (χ2n) is 5.82. The number of nitrogens with zero attached hydrogens (tertiary/aromatic N) is 4. The minimum Gasteiger partial charge on any atom is -0.398 e. The quantitative estimate of drug-likeness (QED) is 0.880. The lowest BCUT2D eigenvalue weighted by Gasteiger charge is -2.21. The van der Waals surface area contributed by atoms with E-state index in [0.717, 1.165) is 17.9 Å². The molecule has 3 rings (SSSR count). The molecule has 1 heterocycles. The molecule has 1 aromatic carbocycles. The van der Waals surface area contributed by atoms with Crippen LogP contribution < -0.4 is 5.73 Å². The monoisotopic (exact) mass is 305 g/mol. The van der Waals surface area contributed by atoms with Gasteiger partial charge in [0.25, 0.3) is 0 Å². The summed E-state index contributed by atoms with van der Waals surface area (Å²) < 4.78 is 1.91. The topological polar surface area (TPSA) is 69.6 Å². The average Bonchev–Trinajstić information content (AvgIpc) is 3.05. The maximum absolute atomic E-state index is 6.30. The Morgan fingerprint density at radius 2 is 2.19 bits per heavy atom. The third-order valence-corrected chi connectivity index (χ3v) is 5.10. The summed E-state index contributed by atoms with van der Waals surface area (Å²) in [5, 5.41) is 12.8. The van der Waals surface area contributed by atoms with E-state index >= 15 is 0 Å². The van der Waals surface area contributed by atoms with Crippen molar-refractivity contribution in [1.29, 1.82) is 0 Å². The fourth-order valence-corrected chi connectivity index (χ4v) is 3.77. The minimum absolute atomic E-state index is 0.315. The van der Waals surface area contributed by atoms with Gasteiger partial charge in [0.1, 0.15) is 0 Å². The first kappa shape index (κ1) is 14.3. The van der Waals surface area contributed by atoms with E-state index in [2.05, 4.69) is 29.4 Å². The van der Waals surface area contributed by atoms with Crippen LogP contribution in [0, 0.1) is 11.8 Å². The Morgan fingerprint density at radius 3 is 2.86 bits per heavy atom. The van der Waals surface area contributed by atoms with Crippen LogP contribution in [0.25, 0.3) is 11.4 Å². The standard InChI is InChI=1S/C15H20ClN5/c1-3-10-7-8-13(9(10)2)21-15(18-19-20-21)14-11(16)5-4-6-12(14)17/h4-6,9-10,13H,3,7-8,17H2,1-2H3. The maximum atomic E-state index is 6.30. The lowest BCUT2D eigenvalue weighted by atomic mass is 9.93. The van der Waals surface area contributed by atoms with Crippen molar-refractivity contribution in [2.24, 2.45) is 11.8 Å². The predicted molar refractivity (Wildman–Crippen MR) is 83.9 cm³/mol. The summed E-state index contributed by atoms with van der Waals surface area (Å²) >= 11 is 6.30. The fraction of sp³-hybridized carbons (Fsp3) is 0.533. The summed E-state index contributed by atoms with van der Waals surface area (Å²) in [7, 11) is 0. The van der Waals surface area contributed by atoms with Gasteiger partial charge in [-0.1, -0.05) is 37.9 Å². The Morgan fingerprint density at radius 1 is 1.38 bits per heavy atom. The number of halogens is 1. The molecule has 3 unspecified atom stereocenters. The summed E-state index contributed by atoms with van der Waals surface area (Å²) in [5.74, 6) is 1.96. The van der Waals surface area contributed by atoms with Crippen LogP contribution in [0.4, 0.5) is 5.69 Å². The van der Waals surface area contributed by atoms with E-state index in [1.807, 2.05) is 22.9 Å². The van der Waals surface area contributed by atoms with Crippen LogP contribution in [0.3, 0.4) is 0 Å². The van der Waals surface area contributed by atoms with Gasteiger partial charge in [-0.3, -0.25) is 0 Å². The van der Waals surface area contributed by atoms with E-state index in [9.17, 15) is 0 Å². The molecular weight excluding hydrogens is 286 g/mol. The highest BCUT2D eigenvalue weighted by atomic mass is 35.5. The van der Waals surface area contributed by atoms with Crippen molar-refractivity contribution < 1.29 is 0 Å². The molecule has 0 spiro atoms. The first-order valence-electron chi connectivity index (χ1n) is 7.45. The summed E-state index contributed by atoms with van der Waals surface area (Å²) in [5.41, 5.74) is 7.42. The van der Waals surface area contributed by atoms with Gasteiger partial charge in [0.2, 0.25) is 0 Å². The molecule has 0 bridgehead atoms. The second kappa shape index (κ2) is 5.64. The van der Waals surface area contributed by atoms with Crippen molar-refractivity contribution in [3.8, 4) is 11.4 Å². The number of rotatable bonds is 3. The van der Waals surface area contributed by atoms with E-state index in [4.69, 9.17) is 17.3 Å². The molecule has 21 heavy (non-hydrogen) atoms. The van der Waals surface area contributed by atoms with E-state index in [-0.39, 0.29) is 0 Å². The molecule has 6 heteroatoms. The largest absolute Gasteiger partial charge is 0.398 e. The van der Waals surface area contributed by atoms with Crippen LogP contribution in [0.2, 0.25) is 5.02 Å². The van der Waals surface area contributed by atoms with Crippen LogP contribution in [0.5, 0.6) is 0 Å². The molecular formula is C15H20ClN5. The van der Waals surface area contributed by atoms with Gasteiger partial charge in [-0.05, 0) is 47.2 Å². The van der Waals surface area contributed by atoms with Crippen molar-refractivity contribution in [2.75, 3.05) is 5.73 Å². The molecule has 1 aliphatic rings. The second-order valence-corrected chi connectivity index (χ2v) is 6.23. The Bertz CT molecular complexity index is 618. The summed E-state index contributed by atoms with van der Waals surface area (Å²) in [6.45, 7) is 4.53. The highest BCUT2D eigenvalue weighted by Gasteiger charge is 2.35. The highest BCUT2D eigenvalue weighted by Crippen LogP contribution is 2.43. The van der Waals surface area contributed by atoms with E-state index < -0.39 is 0 Å². The van der Waals surface area contributed by atoms with E-state index in [0.29, 0.717) is 28.5 Å². The molecule has 2 N–H and O–H groups in total. The Hall–Kier alpha value is -1.62. The molecule has 1 saturated carbocycles. The van der Waals surface area contributed by atoms with Gasteiger partial charge < -0.3 is 5.73 Å². The van der Waals surface area contributed by atoms with Gasteiger partial charge in [0, 0.05) is 5.69 Å². The van der Waals surface area contributed by atoms with Gasteiger partial charge in [0.05, 0.1) is 16.6 Å². The minimum atomic E-state index is 0.315. The van der Waals surface area contributed by atoms with E-state index in [1.165, 1.54) is 12.8 Å². The molecule has 0 aliphatic heterocycles. The van der Waals surface area contributed by atoms with Crippen LogP contribution in [-0.2, 0) is 0 Å². The zero-order valence-corrected chi connectivity index (χ0v) is 13.1. The first-order valence-corrected chi connectivity index (χ1v) is 7.83. The van der Waals surface area contributed by atoms with Crippen molar-refractivity contribution in [1.82, 2.24) is 20.2 Å². The molecule has 0 amide bonds. The molecule has 0 radical (unpaired) electrons. The maximum Gasteiger partial charge on any atom is 0.185 e. The summed E-state index contributed by atoms with van der Waals surface area (Å²) in [4.78, 5) is 0. The third kappa shape index (κ3) is 2.39. The first-order chi connectivity index (χ1) is 10.1. The fourth-order valence-electron chi connectivity index (χ4n) is 3.50. The summed E-state index contributed by atoms with van der Waals surface area (Å²) in [6.07, 6.45) is 3.52. The van der Waals surface area contributed by atoms with Crippen molar-refractivity contribution in [3.63, 3.8) is 0 Å². The number of hydrogen-bond donors (Lipinski definition) is 1. The molecule has 3 atom stereocenters. The molecule has 1 aromatic heterocycles. The third-order valence-electron chi connectivity index (χ3n) is 4.78. The molecule has 0 saturated heterocycles. The molecule has 2 aromatic rings. The van der Waals surface area contributed by atoms with Crippen LogP contribution in [0.15, 0.2) is 18.2 Å². The highest BCUT2D eigenvalue weighted by molar-refractivity contribution is 6.33. The number of nitrogens with two attached hydrogens (primary N) is 1. The van der Waals surface area contributed by atoms with Gasteiger partial charge >= 0.3 is 0 Å². The number of anilines is 1. The summed E-state index contributed by atoms with van der Waals surface area (Å²) in [6, 6.07) is 5.79. The molecule has 1 aliphatic carbocycles. The van der Waals surface area contributed by atoms with Crippen molar-refractivity contribution in [3.05, 3.63) is 23.2 Å². The number of hydrogen-bond acceptors (Lipinski definition) is 4. The van der Waals surface area contributed by atoms with Crippen LogP contribution in [-0.4, -0.2) is 20.2 Å². The van der Waals surface area contributed by atoms with Gasteiger partial charge in [-0.25, -0.2) is 4.68 Å². The Balaban J connectivity index is 2.03. The SMILES string of the molecule is CCC1CCC(n2nnnc2-c2c(N)cccc2Cl)C1C. The van der Waals surface area contributed by atoms with Crippen molar-refractivity contribution >= 4 is 17.3 Å². The number of nitrogen functional groups attached to an aromatic ring is 1. The molecule has 1 fully saturated rings. The van der Waals surface area contributed by atoms with Gasteiger partial charge in [0.15, 0.2) is 5.82 Å². The van der Waals surface area contributed by atoms with Gasteiger partial charge in [-0.2, -0.15) is 0 Å². The number of tetrazole rings is 1. The van der Waals surface area contributed by atoms with Gasteiger partial charge in [-0.15, -0.1) is 5.10 Å². The number of aromatic nitrogens is 4. The smallest absolute Gasteiger partial charge is 0.185 e. The average molecular weight is 306 g/mol.